The van der Waals surface area contributed by atoms with E-state index in [1.54, 1.807) is 6.07 Å². The third-order valence-corrected chi connectivity index (χ3v) is 2.46. The SMILES string of the molecule is CNC(C(=O)O)C(=O)c1cc(Cl)ccc1OC. The van der Waals surface area contributed by atoms with E-state index in [0.717, 1.165) is 0 Å². The lowest BCUT2D eigenvalue weighted by Gasteiger charge is -2.13. The summed E-state index contributed by atoms with van der Waals surface area (Å²) in [4.78, 5) is 22.8. The number of aliphatic carboxylic acids is 1. The van der Waals surface area contributed by atoms with E-state index in [2.05, 4.69) is 5.32 Å². The molecule has 1 aromatic rings. The van der Waals surface area contributed by atoms with Crippen molar-refractivity contribution >= 4 is 23.4 Å². The monoisotopic (exact) mass is 257 g/mol. The number of methoxy groups -OCH3 is 1. The van der Waals surface area contributed by atoms with Crippen LogP contribution >= 0.6 is 11.6 Å². The van der Waals surface area contributed by atoms with Crippen LogP contribution in [0.1, 0.15) is 10.4 Å². The number of ketones is 1. The van der Waals surface area contributed by atoms with E-state index in [0.29, 0.717) is 10.8 Å². The topological polar surface area (TPSA) is 75.6 Å². The minimum absolute atomic E-state index is 0.141. The summed E-state index contributed by atoms with van der Waals surface area (Å²) in [5.74, 6) is -1.56. The van der Waals surface area contributed by atoms with Crippen LogP contribution in [-0.4, -0.2) is 37.1 Å². The smallest absolute Gasteiger partial charge is 0.328 e. The standard InChI is InChI=1S/C11H12ClNO4/c1-13-9(11(15)16)10(14)7-5-6(12)3-4-8(7)17-2/h3-5,9,13H,1-2H3,(H,15,16). The first-order chi connectivity index (χ1) is 8.01. The summed E-state index contributed by atoms with van der Waals surface area (Å²) in [5, 5.41) is 11.6. The highest BCUT2D eigenvalue weighted by Gasteiger charge is 2.27. The van der Waals surface area contributed by atoms with Crippen molar-refractivity contribution in [1.82, 2.24) is 5.32 Å². The lowest BCUT2D eigenvalue weighted by Crippen LogP contribution is -2.41. The number of hydrogen-bond donors (Lipinski definition) is 2. The summed E-state index contributed by atoms with van der Waals surface area (Å²) < 4.78 is 5.00. The average molecular weight is 258 g/mol. The van der Waals surface area contributed by atoms with Crippen molar-refractivity contribution < 1.29 is 19.4 Å². The number of halogens is 1. The number of nitrogens with one attached hydrogen (secondary N) is 1. The number of carbonyl (C=O) groups is 2. The maximum atomic E-state index is 12.0. The van der Waals surface area contributed by atoms with E-state index in [1.165, 1.54) is 26.3 Å². The molecule has 0 radical (unpaired) electrons. The van der Waals surface area contributed by atoms with Gasteiger partial charge >= 0.3 is 5.97 Å². The van der Waals surface area contributed by atoms with Gasteiger partial charge in [0.05, 0.1) is 12.7 Å². The second-order valence-electron chi connectivity index (χ2n) is 3.27. The molecule has 1 unspecified atom stereocenters. The summed E-state index contributed by atoms with van der Waals surface area (Å²) in [6.45, 7) is 0. The van der Waals surface area contributed by atoms with Crippen molar-refractivity contribution in [2.45, 2.75) is 6.04 Å². The summed E-state index contributed by atoms with van der Waals surface area (Å²) in [6, 6.07) is 3.15. The van der Waals surface area contributed by atoms with Gasteiger partial charge in [-0.25, -0.2) is 0 Å². The maximum Gasteiger partial charge on any atom is 0.328 e. The number of carbonyl (C=O) groups excluding carboxylic acids is 1. The molecule has 0 aromatic heterocycles. The first kappa shape index (κ1) is 13.5. The largest absolute Gasteiger partial charge is 0.496 e. The van der Waals surface area contributed by atoms with Crippen molar-refractivity contribution in [3.8, 4) is 5.75 Å². The molecular formula is C11H12ClNO4. The molecule has 0 amide bonds. The molecule has 0 saturated carbocycles. The number of ether oxygens (including phenoxy) is 1. The Morgan fingerprint density at radius 2 is 2.12 bits per heavy atom. The van der Waals surface area contributed by atoms with E-state index < -0.39 is 17.8 Å². The molecule has 1 rings (SSSR count). The molecule has 6 heteroatoms. The van der Waals surface area contributed by atoms with Crippen molar-refractivity contribution in [2.24, 2.45) is 0 Å². The maximum absolute atomic E-state index is 12.0. The predicted octanol–water partition coefficient (Wildman–Crippen LogP) is 1.20. The minimum atomic E-state index is -1.32. The lowest BCUT2D eigenvalue weighted by molar-refractivity contribution is -0.137. The molecule has 0 fully saturated rings. The van der Waals surface area contributed by atoms with E-state index in [4.69, 9.17) is 21.4 Å². The molecule has 0 heterocycles. The Kier molecular flexibility index (Phi) is 4.48. The fourth-order valence-corrected chi connectivity index (χ4v) is 1.57. The van der Waals surface area contributed by atoms with Gasteiger partial charge in [-0.15, -0.1) is 0 Å². The van der Waals surface area contributed by atoms with Crippen LogP contribution in [0.5, 0.6) is 5.75 Å². The molecule has 0 aliphatic rings. The third kappa shape index (κ3) is 2.95. The molecular weight excluding hydrogens is 246 g/mol. The van der Waals surface area contributed by atoms with E-state index in [-0.39, 0.29) is 5.56 Å². The van der Waals surface area contributed by atoms with Crippen LogP contribution in [-0.2, 0) is 4.79 Å². The van der Waals surface area contributed by atoms with Gasteiger partial charge in [-0.2, -0.15) is 0 Å². The third-order valence-electron chi connectivity index (χ3n) is 2.22. The Morgan fingerprint density at radius 1 is 1.47 bits per heavy atom. The van der Waals surface area contributed by atoms with E-state index in [1.807, 2.05) is 0 Å². The molecule has 2 N–H and O–H groups in total. The number of carboxylic acid groups (broad SMARTS) is 1. The molecule has 0 aliphatic carbocycles. The minimum Gasteiger partial charge on any atom is -0.496 e. The van der Waals surface area contributed by atoms with Crippen LogP contribution in [0.3, 0.4) is 0 Å². The molecule has 0 aliphatic heterocycles. The molecule has 0 spiro atoms. The molecule has 0 bridgehead atoms. The van der Waals surface area contributed by atoms with Crippen molar-refractivity contribution in [2.75, 3.05) is 14.2 Å². The normalized spacial score (nSPS) is 11.9. The second kappa shape index (κ2) is 5.65. The first-order valence-corrected chi connectivity index (χ1v) is 5.17. The fraction of sp³-hybridized carbons (Fsp3) is 0.273. The van der Waals surface area contributed by atoms with Crippen LogP contribution < -0.4 is 10.1 Å². The Bertz CT molecular complexity index is 447. The molecule has 17 heavy (non-hydrogen) atoms. The number of Topliss-reactive ketones (excluding diaryl/α,β-unsaturated/α-hetero) is 1. The average Bonchev–Trinajstić information content (AvgIpc) is 2.29. The van der Waals surface area contributed by atoms with Gasteiger partial charge in [0.15, 0.2) is 11.8 Å². The number of hydrogen-bond acceptors (Lipinski definition) is 4. The van der Waals surface area contributed by atoms with E-state index in [9.17, 15) is 9.59 Å². The Labute approximate surface area is 103 Å². The number of likely N-dealkylation sites (N-methyl/N-ethyl adjacent to an activating group) is 1. The van der Waals surface area contributed by atoms with Crippen LogP contribution in [0.25, 0.3) is 0 Å². The van der Waals surface area contributed by atoms with Gasteiger partial charge in [-0.3, -0.25) is 9.59 Å². The van der Waals surface area contributed by atoms with Crippen molar-refractivity contribution in [1.29, 1.82) is 0 Å². The highest BCUT2D eigenvalue weighted by Crippen LogP contribution is 2.23. The zero-order chi connectivity index (χ0) is 13.0. The molecule has 5 nitrogen and oxygen atoms in total. The second-order valence-corrected chi connectivity index (χ2v) is 3.71. The molecule has 0 saturated heterocycles. The van der Waals surface area contributed by atoms with Crippen molar-refractivity contribution in [3.05, 3.63) is 28.8 Å². The first-order valence-electron chi connectivity index (χ1n) is 4.79. The van der Waals surface area contributed by atoms with Gasteiger partial charge in [0.25, 0.3) is 0 Å². The summed E-state index contributed by atoms with van der Waals surface area (Å²) in [6.07, 6.45) is 0. The van der Waals surface area contributed by atoms with Crippen LogP contribution in [0.2, 0.25) is 5.02 Å². The quantitative estimate of drug-likeness (QED) is 0.612. The van der Waals surface area contributed by atoms with Crippen LogP contribution in [0.4, 0.5) is 0 Å². The summed E-state index contributed by atoms with van der Waals surface area (Å²) >= 11 is 5.77. The number of carboxylic acids is 1. The molecule has 92 valence electrons. The van der Waals surface area contributed by atoms with Crippen LogP contribution in [0, 0.1) is 0 Å². The highest BCUT2D eigenvalue weighted by atomic mass is 35.5. The Morgan fingerprint density at radius 3 is 2.59 bits per heavy atom. The van der Waals surface area contributed by atoms with Crippen molar-refractivity contribution in [3.63, 3.8) is 0 Å². The van der Waals surface area contributed by atoms with Gasteiger partial charge in [0.2, 0.25) is 0 Å². The predicted molar refractivity (Wildman–Crippen MR) is 62.8 cm³/mol. The zero-order valence-corrected chi connectivity index (χ0v) is 10.1. The fourth-order valence-electron chi connectivity index (χ4n) is 1.39. The van der Waals surface area contributed by atoms with Gasteiger partial charge in [-0.05, 0) is 25.2 Å². The highest BCUT2D eigenvalue weighted by molar-refractivity contribution is 6.31. The number of rotatable bonds is 5. The zero-order valence-electron chi connectivity index (χ0n) is 9.36. The van der Waals surface area contributed by atoms with Gasteiger partial charge in [0.1, 0.15) is 5.75 Å². The Balaban J connectivity index is 3.18. The van der Waals surface area contributed by atoms with E-state index >= 15 is 0 Å². The lowest BCUT2D eigenvalue weighted by atomic mass is 10.0. The molecule has 1 aromatic carbocycles. The molecule has 1 atom stereocenters. The van der Waals surface area contributed by atoms with Gasteiger partial charge in [0, 0.05) is 5.02 Å². The van der Waals surface area contributed by atoms with Gasteiger partial charge in [-0.1, -0.05) is 11.6 Å². The summed E-state index contributed by atoms with van der Waals surface area (Å²) in [5.41, 5.74) is 0.141. The Hall–Kier alpha value is -1.59. The number of benzene rings is 1. The van der Waals surface area contributed by atoms with Crippen LogP contribution in [0.15, 0.2) is 18.2 Å². The summed E-state index contributed by atoms with van der Waals surface area (Å²) in [7, 11) is 2.79. The van der Waals surface area contributed by atoms with Gasteiger partial charge < -0.3 is 15.2 Å².